The highest BCUT2D eigenvalue weighted by atomic mass is 32.1. The van der Waals surface area contributed by atoms with Crippen molar-refractivity contribution in [3.8, 4) is 5.69 Å². The molecule has 0 unspecified atom stereocenters. The summed E-state index contributed by atoms with van der Waals surface area (Å²) in [4.78, 5) is 19.1. The molecule has 0 bridgehead atoms. The number of amides is 1. The number of rotatable bonds is 7. The summed E-state index contributed by atoms with van der Waals surface area (Å²) >= 11 is 1.58. The van der Waals surface area contributed by atoms with Gasteiger partial charge < -0.3 is 5.32 Å². The van der Waals surface area contributed by atoms with Gasteiger partial charge in [-0.2, -0.15) is 5.10 Å². The van der Waals surface area contributed by atoms with Gasteiger partial charge in [-0.3, -0.25) is 9.69 Å². The van der Waals surface area contributed by atoms with Gasteiger partial charge in [0.25, 0.3) is 5.91 Å². The Morgan fingerprint density at radius 2 is 2.07 bits per heavy atom. The molecule has 152 valence electrons. The van der Waals surface area contributed by atoms with Crippen molar-refractivity contribution in [2.24, 2.45) is 0 Å². The fourth-order valence-corrected chi connectivity index (χ4v) is 3.67. The van der Waals surface area contributed by atoms with Crippen LogP contribution >= 0.6 is 11.3 Å². The van der Waals surface area contributed by atoms with Crippen molar-refractivity contribution in [2.45, 2.75) is 13.1 Å². The molecule has 0 aliphatic rings. The lowest BCUT2D eigenvalue weighted by molar-refractivity contribution is 0.102. The van der Waals surface area contributed by atoms with Gasteiger partial charge in [-0.25, -0.2) is 14.1 Å². The number of aromatic nitrogens is 3. The van der Waals surface area contributed by atoms with Gasteiger partial charge in [0, 0.05) is 30.4 Å². The van der Waals surface area contributed by atoms with Crippen LogP contribution in [0.3, 0.4) is 0 Å². The van der Waals surface area contributed by atoms with Crippen LogP contribution in [-0.4, -0.2) is 32.6 Å². The Morgan fingerprint density at radius 3 is 2.87 bits per heavy atom. The van der Waals surface area contributed by atoms with E-state index in [1.807, 2.05) is 42.2 Å². The van der Waals surface area contributed by atoms with Gasteiger partial charge in [0.15, 0.2) is 0 Å². The minimum atomic E-state index is -0.401. The van der Waals surface area contributed by atoms with Crippen molar-refractivity contribution in [3.05, 3.63) is 94.5 Å². The lowest BCUT2D eigenvalue weighted by Crippen LogP contribution is -2.17. The van der Waals surface area contributed by atoms with E-state index in [0.29, 0.717) is 16.9 Å². The van der Waals surface area contributed by atoms with Gasteiger partial charge in [-0.05, 0) is 36.9 Å². The lowest BCUT2D eigenvalue weighted by Gasteiger charge is -2.16. The van der Waals surface area contributed by atoms with Crippen molar-refractivity contribution in [2.75, 3.05) is 12.4 Å². The Hall–Kier alpha value is -3.36. The summed E-state index contributed by atoms with van der Waals surface area (Å²) in [7, 11) is 2.03. The van der Waals surface area contributed by atoms with Crippen molar-refractivity contribution in [1.82, 2.24) is 19.7 Å². The SMILES string of the molecule is CN(Cc1cccc(NC(=O)c2cnn(-c3ccccc3F)c2)c1)Cc1cscn1. The highest BCUT2D eigenvalue weighted by Gasteiger charge is 2.12. The van der Waals surface area contributed by atoms with E-state index in [4.69, 9.17) is 0 Å². The molecule has 0 atom stereocenters. The van der Waals surface area contributed by atoms with Crippen molar-refractivity contribution < 1.29 is 9.18 Å². The van der Waals surface area contributed by atoms with Crippen LogP contribution in [0.15, 0.2) is 71.8 Å². The van der Waals surface area contributed by atoms with Gasteiger partial charge in [-0.15, -0.1) is 11.3 Å². The van der Waals surface area contributed by atoms with Gasteiger partial charge >= 0.3 is 0 Å². The largest absolute Gasteiger partial charge is 0.322 e. The molecular formula is C22H20FN5OS. The highest BCUT2D eigenvalue weighted by molar-refractivity contribution is 7.07. The minimum absolute atomic E-state index is 0.293. The van der Waals surface area contributed by atoms with E-state index < -0.39 is 5.82 Å². The van der Waals surface area contributed by atoms with Crippen molar-refractivity contribution in [3.63, 3.8) is 0 Å². The maximum absolute atomic E-state index is 13.9. The molecular weight excluding hydrogens is 401 g/mol. The number of benzene rings is 2. The Bertz CT molecular complexity index is 1140. The molecule has 4 rings (SSSR count). The van der Waals surface area contributed by atoms with E-state index in [1.165, 1.54) is 23.1 Å². The molecule has 0 saturated heterocycles. The zero-order valence-corrected chi connectivity index (χ0v) is 17.1. The molecule has 2 aromatic carbocycles. The van der Waals surface area contributed by atoms with Crippen LogP contribution in [0.25, 0.3) is 5.69 Å². The number of hydrogen-bond donors (Lipinski definition) is 1. The number of nitrogens with zero attached hydrogens (tertiary/aromatic N) is 4. The Labute approximate surface area is 177 Å². The van der Waals surface area contributed by atoms with Gasteiger partial charge in [0.2, 0.25) is 0 Å². The summed E-state index contributed by atoms with van der Waals surface area (Å²) in [6.07, 6.45) is 2.94. The summed E-state index contributed by atoms with van der Waals surface area (Å²) in [5.41, 5.74) is 5.28. The second-order valence-electron chi connectivity index (χ2n) is 6.93. The smallest absolute Gasteiger partial charge is 0.258 e. The van der Waals surface area contributed by atoms with E-state index in [-0.39, 0.29) is 5.91 Å². The number of halogens is 1. The average Bonchev–Trinajstić information content (AvgIpc) is 3.41. The molecule has 0 aliphatic carbocycles. The van der Waals surface area contributed by atoms with E-state index in [9.17, 15) is 9.18 Å². The fourth-order valence-electron chi connectivity index (χ4n) is 3.12. The fraction of sp³-hybridized carbons (Fsp3) is 0.136. The van der Waals surface area contributed by atoms with Crippen LogP contribution in [0.5, 0.6) is 0 Å². The summed E-state index contributed by atoms with van der Waals surface area (Å²) in [6, 6.07) is 14.0. The number of thiazole rings is 1. The van der Waals surface area contributed by atoms with Crippen LogP contribution in [0.4, 0.5) is 10.1 Å². The first kappa shape index (κ1) is 19.9. The van der Waals surface area contributed by atoms with Crippen molar-refractivity contribution in [1.29, 1.82) is 0 Å². The number of carbonyl (C=O) groups excluding carboxylic acids is 1. The number of hydrogen-bond acceptors (Lipinski definition) is 5. The summed E-state index contributed by atoms with van der Waals surface area (Å²) in [5, 5.41) is 9.02. The second kappa shape index (κ2) is 8.98. The first-order valence-corrected chi connectivity index (χ1v) is 10.3. The quantitative estimate of drug-likeness (QED) is 0.482. The number of carbonyl (C=O) groups is 1. The Morgan fingerprint density at radius 1 is 1.20 bits per heavy atom. The van der Waals surface area contributed by atoms with Crippen LogP contribution in [0, 0.1) is 5.82 Å². The second-order valence-corrected chi connectivity index (χ2v) is 7.65. The Balaban J connectivity index is 1.41. The molecule has 0 spiro atoms. The van der Waals surface area contributed by atoms with E-state index in [1.54, 1.807) is 29.5 Å². The van der Waals surface area contributed by atoms with E-state index >= 15 is 0 Å². The molecule has 0 radical (unpaired) electrons. The third-order valence-electron chi connectivity index (χ3n) is 4.50. The lowest BCUT2D eigenvalue weighted by atomic mass is 10.2. The Kier molecular flexibility index (Phi) is 5.97. The normalized spacial score (nSPS) is 11.0. The molecule has 0 fully saturated rings. The zero-order chi connectivity index (χ0) is 20.9. The molecule has 4 aromatic rings. The zero-order valence-electron chi connectivity index (χ0n) is 16.3. The molecule has 1 amide bonds. The molecule has 6 nitrogen and oxygen atoms in total. The molecule has 8 heteroatoms. The molecule has 0 saturated carbocycles. The van der Waals surface area contributed by atoms with Crippen molar-refractivity contribution >= 4 is 22.9 Å². The van der Waals surface area contributed by atoms with Crippen LogP contribution in [0.1, 0.15) is 21.6 Å². The summed E-state index contributed by atoms with van der Waals surface area (Å²) in [5.74, 6) is -0.701. The van der Waals surface area contributed by atoms with Gasteiger partial charge in [0.1, 0.15) is 11.5 Å². The van der Waals surface area contributed by atoms with Crippen LogP contribution < -0.4 is 5.32 Å². The van der Waals surface area contributed by atoms with Gasteiger partial charge in [-0.1, -0.05) is 24.3 Å². The van der Waals surface area contributed by atoms with E-state index in [2.05, 4.69) is 20.3 Å². The monoisotopic (exact) mass is 421 g/mol. The third kappa shape index (κ3) is 4.79. The first-order valence-electron chi connectivity index (χ1n) is 9.34. The predicted molar refractivity (Wildman–Crippen MR) is 115 cm³/mol. The highest BCUT2D eigenvalue weighted by Crippen LogP contribution is 2.16. The van der Waals surface area contributed by atoms with Gasteiger partial charge in [0.05, 0.1) is 23.0 Å². The molecule has 30 heavy (non-hydrogen) atoms. The summed E-state index contributed by atoms with van der Waals surface area (Å²) < 4.78 is 15.3. The molecule has 2 aromatic heterocycles. The van der Waals surface area contributed by atoms with E-state index in [0.717, 1.165) is 24.3 Å². The van der Waals surface area contributed by atoms with Crippen LogP contribution in [0.2, 0.25) is 0 Å². The minimum Gasteiger partial charge on any atom is -0.322 e. The maximum atomic E-state index is 13.9. The number of para-hydroxylation sites is 1. The molecule has 2 heterocycles. The number of anilines is 1. The molecule has 0 aliphatic heterocycles. The third-order valence-corrected chi connectivity index (χ3v) is 5.13. The standard InChI is InChI=1S/C22H20FN5OS/c1-27(13-19-14-30-15-24-19)11-16-5-4-6-18(9-16)26-22(29)17-10-25-28(12-17)21-8-3-2-7-20(21)23/h2-10,12,14-15H,11,13H2,1H3,(H,26,29). The first-order chi connectivity index (χ1) is 14.6. The van der Waals surface area contributed by atoms with Crippen LogP contribution in [-0.2, 0) is 13.1 Å². The number of nitrogens with one attached hydrogen (secondary N) is 1. The topological polar surface area (TPSA) is 63.1 Å². The summed E-state index contributed by atoms with van der Waals surface area (Å²) in [6.45, 7) is 1.49. The predicted octanol–water partition coefficient (Wildman–Crippen LogP) is 4.35. The maximum Gasteiger partial charge on any atom is 0.258 e. The average molecular weight is 422 g/mol. The molecule has 1 N–H and O–H groups in total.